The van der Waals surface area contributed by atoms with Gasteiger partial charge in [0.2, 0.25) is 5.91 Å². The van der Waals surface area contributed by atoms with Gasteiger partial charge in [0.1, 0.15) is 0 Å². The molecule has 1 aliphatic rings. The number of hydrogen-bond acceptors (Lipinski definition) is 4. The maximum absolute atomic E-state index is 12.8. The van der Waals surface area contributed by atoms with Gasteiger partial charge in [-0.25, -0.2) is 4.79 Å². The molecular formula is C24H30N4O2. The van der Waals surface area contributed by atoms with Crippen molar-refractivity contribution >= 4 is 11.9 Å². The van der Waals surface area contributed by atoms with Crippen LogP contribution in [0.4, 0.5) is 4.79 Å². The molecule has 1 heterocycles. The van der Waals surface area contributed by atoms with Crippen molar-refractivity contribution in [1.29, 1.82) is 0 Å². The molecule has 0 aliphatic carbocycles. The van der Waals surface area contributed by atoms with Crippen LogP contribution in [0.15, 0.2) is 73.1 Å². The van der Waals surface area contributed by atoms with E-state index >= 15 is 0 Å². The van der Waals surface area contributed by atoms with Crippen LogP contribution in [0, 0.1) is 5.92 Å². The van der Waals surface area contributed by atoms with Gasteiger partial charge in [-0.2, -0.15) is 0 Å². The lowest BCUT2D eigenvalue weighted by Gasteiger charge is -2.46. The summed E-state index contributed by atoms with van der Waals surface area (Å²) in [4.78, 5) is 26.9. The Morgan fingerprint density at radius 1 is 0.967 bits per heavy atom. The Bertz CT molecular complexity index is 854. The summed E-state index contributed by atoms with van der Waals surface area (Å²) in [5.74, 6) is 0.201. The zero-order chi connectivity index (χ0) is 21.3. The molecule has 158 valence electrons. The average Bonchev–Trinajstić information content (AvgIpc) is 2.76. The molecule has 2 atom stereocenters. The summed E-state index contributed by atoms with van der Waals surface area (Å²) < 4.78 is 0. The molecule has 0 radical (unpaired) electrons. The van der Waals surface area contributed by atoms with Crippen LogP contribution in [-0.4, -0.2) is 29.4 Å². The highest BCUT2D eigenvalue weighted by molar-refractivity contribution is 6.01. The number of carbonyl (C=O) groups is 2. The molecule has 3 amide bonds. The summed E-state index contributed by atoms with van der Waals surface area (Å²) in [6.07, 6.45) is 3.11. The summed E-state index contributed by atoms with van der Waals surface area (Å²) in [5, 5.41) is 5.88. The number of nitrogens with zero attached hydrogens (tertiary/aromatic N) is 1. The summed E-state index contributed by atoms with van der Waals surface area (Å²) >= 11 is 0. The van der Waals surface area contributed by atoms with E-state index in [4.69, 9.17) is 5.73 Å². The number of likely N-dealkylation sites (tertiary alicyclic amines) is 1. The summed E-state index contributed by atoms with van der Waals surface area (Å²) in [7, 11) is 0. The molecule has 0 spiro atoms. The molecule has 4 N–H and O–H groups in total. The molecule has 6 nitrogen and oxygen atoms in total. The van der Waals surface area contributed by atoms with Gasteiger partial charge in [0.05, 0.1) is 17.8 Å². The first-order valence-electron chi connectivity index (χ1n) is 10.4. The largest absolute Gasteiger partial charge is 0.386 e. The van der Waals surface area contributed by atoms with Gasteiger partial charge in [-0.1, -0.05) is 67.2 Å². The molecular weight excluding hydrogens is 376 g/mol. The van der Waals surface area contributed by atoms with Crippen LogP contribution in [0.2, 0.25) is 0 Å². The fourth-order valence-electron chi connectivity index (χ4n) is 3.89. The van der Waals surface area contributed by atoms with Crippen LogP contribution in [0.5, 0.6) is 0 Å². The second kappa shape index (κ2) is 10.5. The van der Waals surface area contributed by atoms with Crippen LogP contribution in [0.1, 0.15) is 30.4 Å². The predicted molar refractivity (Wildman–Crippen MR) is 118 cm³/mol. The number of aryl methyl sites for hydroxylation is 1. The van der Waals surface area contributed by atoms with Crippen LogP contribution in [-0.2, 0) is 17.8 Å². The van der Waals surface area contributed by atoms with E-state index in [9.17, 15) is 9.59 Å². The number of carbonyl (C=O) groups excluding carboxylic acids is 2. The number of imide groups is 1. The van der Waals surface area contributed by atoms with Gasteiger partial charge in [-0.05, 0) is 36.8 Å². The van der Waals surface area contributed by atoms with Crippen molar-refractivity contribution in [2.45, 2.75) is 38.3 Å². The zero-order valence-electron chi connectivity index (χ0n) is 17.2. The minimum atomic E-state index is -0.313. The van der Waals surface area contributed by atoms with Gasteiger partial charge < -0.3 is 16.4 Å². The van der Waals surface area contributed by atoms with E-state index in [-0.39, 0.29) is 23.9 Å². The number of amides is 3. The number of urea groups is 1. The Morgan fingerprint density at radius 2 is 1.60 bits per heavy atom. The Labute approximate surface area is 178 Å². The smallest absolute Gasteiger partial charge is 0.324 e. The average molecular weight is 407 g/mol. The van der Waals surface area contributed by atoms with Gasteiger partial charge in [-0.15, -0.1) is 0 Å². The number of rotatable bonds is 10. The quantitative estimate of drug-likeness (QED) is 0.418. The van der Waals surface area contributed by atoms with Crippen molar-refractivity contribution < 1.29 is 9.59 Å². The highest BCUT2D eigenvalue weighted by Crippen LogP contribution is 2.33. The second-order valence-electron chi connectivity index (χ2n) is 7.64. The minimum absolute atomic E-state index is 0.0884. The fraction of sp³-hybridized carbons (Fsp3) is 0.333. The van der Waals surface area contributed by atoms with Gasteiger partial charge in [-0.3, -0.25) is 9.69 Å². The molecule has 1 fully saturated rings. The first-order valence-corrected chi connectivity index (χ1v) is 10.4. The minimum Gasteiger partial charge on any atom is -0.386 e. The van der Waals surface area contributed by atoms with Crippen molar-refractivity contribution in [2.24, 2.45) is 11.7 Å². The Hall–Kier alpha value is -3.28. The number of benzene rings is 2. The molecule has 3 rings (SSSR count). The van der Waals surface area contributed by atoms with E-state index in [2.05, 4.69) is 29.3 Å². The number of hydrogen-bond donors (Lipinski definition) is 3. The van der Waals surface area contributed by atoms with E-state index < -0.39 is 0 Å². The van der Waals surface area contributed by atoms with E-state index in [1.165, 1.54) is 10.5 Å². The molecule has 0 unspecified atom stereocenters. The first kappa shape index (κ1) is 21.4. The van der Waals surface area contributed by atoms with Crippen LogP contribution >= 0.6 is 0 Å². The van der Waals surface area contributed by atoms with Crippen molar-refractivity contribution in [3.63, 3.8) is 0 Å². The second-order valence-corrected chi connectivity index (χ2v) is 7.64. The summed E-state index contributed by atoms with van der Waals surface area (Å²) in [6, 6.07) is 19.4. The van der Waals surface area contributed by atoms with Crippen LogP contribution in [0.25, 0.3) is 0 Å². The molecule has 30 heavy (non-hydrogen) atoms. The van der Waals surface area contributed by atoms with E-state index in [0.717, 1.165) is 31.2 Å². The molecule has 0 saturated carbocycles. The topological polar surface area (TPSA) is 87.5 Å². The Kier molecular flexibility index (Phi) is 7.49. The highest BCUT2D eigenvalue weighted by atomic mass is 16.2. The number of nitrogens with two attached hydrogens (primary N) is 1. The van der Waals surface area contributed by atoms with Crippen molar-refractivity contribution in [2.75, 3.05) is 6.54 Å². The third kappa shape index (κ3) is 5.63. The van der Waals surface area contributed by atoms with Crippen molar-refractivity contribution in [3.05, 3.63) is 84.2 Å². The molecule has 0 aromatic heterocycles. The molecule has 2 aromatic carbocycles. The zero-order valence-corrected chi connectivity index (χ0v) is 17.2. The predicted octanol–water partition coefficient (Wildman–Crippen LogP) is 3.16. The summed E-state index contributed by atoms with van der Waals surface area (Å²) in [6.45, 7) is 4.69. The SMILES string of the molecule is C=C(N)NCCC[C@H]1C(=O)N(C(=O)NCc2ccccc2)[C@@H]1CCc1ccccc1. The maximum atomic E-state index is 12.8. The lowest BCUT2D eigenvalue weighted by Crippen LogP contribution is -2.65. The van der Waals surface area contributed by atoms with Crippen LogP contribution < -0.4 is 16.4 Å². The standard InChI is InChI=1S/C24H30N4O2/c1-18(25)26-16-8-13-21-22(15-14-19-9-4-2-5-10-19)28(23(21)29)24(30)27-17-20-11-6-3-7-12-20/h2-7,9-12,21-22,26H,1,8,13-17,25H2,(H,27,30)/t21-,22-/m1/s1. The van der Waals surface area contributed by atoms with Crippen molar-refractivity contribution in [1.82, 2.24) is 15.5 Å². The van der Waals surface area contributed by atoms with Gasteiger partial charge in [0.15, 0.2) is 0 Å². The van der Waals surface area contributed by atoms with Crippen LogP contribution in [0.3, 0.4) is 0 Å². The van der Waals surface area contributed by atoms with Gasteiger partial charge >= 0.3 is 6.03 Å². The van der Waals surface area contributed by atoms with Crippen molar-refractivity contribution in [3.8, 4) is 0 Å². The third-order valence-corrected chi connectivity index (χ3v) is 5.47. The third-order valence-electron chi connectivity index (χ3n) is 5.47. The summed E-state index contributed by atoms with van der Waals surface area (Å²) in [5.41, 5.74) is 7.75. The molecule has 2 aromatic rings. The van der Waals surface area contributed by atoms with E-state index in [1.807, 2.05) is 48.5 Å². The Morgan fingerprint density at radius 3 is 2.23 bits per heavy atom. The van der Waals surface area contributed by atoms with Gasteiger partial charge in [0.25, 0.3) is 0 Å². The molecule has 1 aliphatic heterocycles. The number of β-lactam (4-membered cyclic amide) rings is 1. The monoisotopic (exact) mass is 406 g/mol. The normalized spacial score (nSPS) is 17.9. The number of nitrogens with one attached hydrogen (secondary N) is 2. The fourth-order valence-corrected chi connectivity index (χ4v) is 3.89. The highest BCUT2D eigenvalue weighted by Gasteiger charge is 2.49. The molecule has 0 bridgehead atoms. The molecule has 6 heteroatoms. The van der Waals surface area contributed by atoms with E-state index in [0.29, 0.717) is 18.9 Å². The first-order chi connectivity index (χ1) is 14.6. The lowest BCUT2D eigenvalue weighted by atomic mass is 9.80. The van der Waals surface area contributed by atoms with E-state index in [1.54, 1.807) is 0 Å². The molecule has 1 saturated heterocycles. The lowest BCUT2D eigenvalue weighted by molar-refractivity contribution is -0.150. The maximum Gasteiger partial charge on any atom is 0.324 e. The van der Waals surface area contributed by atoms with Gasteiger partial charge in [0, 0.05) is 13.1 Å². The Balaban J connectivity index is 1.59.